The fraction of sp³-hybridized carbons (Fsp3) is 0.130. The summed E-state index contributed by atoms with van der Waals surface area (Å²) in [6.45, 7) is 1.33. The average molecular weight is 344 g/mol. The van der Waals surface area contributed by atoms with Crippen molar-refractivity contribution >= 4 is 11.8 Å². The summed E-state index contributed by atoms with van der Waals surface area (Å²) in [4.78, 5) is 25.0. The van der Waals surface area contributed by atoms with Crippen molar-refractivity contribution < 1.29 is 14.3 Å². The average Bonchev–Trinajstić information content (AvgIpc) is 2.69. The third kappa shape index (κ3) is 4.06. The summed E-state index contributed by atoms with van der Waals surface area (Å²) in [5.41, 5.74) is 2.37. The normalized spacial score (nSPS) is 11.8. The van der Waals surface area contributed by atoms with E-state index in [1.807, 2.05) is 66.7 Å². The van der Waals surface area contributed by atoms with Gasteiger partial charge in [-0.05, 0) is 11.1 Å². The molecule has 130 valence electrons. The quantitative estimate of drug-likeness (QED) is 0.483. The van der Waals surface area contributed by atoms with Crippen LogP contribution >= 0.6 is 0 Å². The van der Waals surface area contributed by atoms with E-state index in [1.54, 1.807) is 24.3 Å². The maximum atomic E-state index is 13.2. The maximum Gasteiger partial charge on any atom is 0.303 e. The second-order valence-corrected chi connectivity index (χ2v) is 6.06. The molecular weight excluding hydrogens is 324 g/mol. The highest BCUT2D eigenvalue weighted by molar-refractivity contribution is 6.01. The Morgan fingerprint density at radius 3 is 1.54 bits per heavy atom. The van der Waals surface area contributed by atoms with Gasteiger partial charge in [0.1, 0.15) is 0 Å². The molecule has 0 radical (unpaired) electrons. The SMILES string of the molecule is CC(=O)OC(C(=O)c1ccccc1)C(c1ccccc1)c1ccccc1. The highest BCUT2D eigenvalue weighted by Crippen LogP contribution is 2.32. The minimum atomic E-state index is -0.931. The van der Waals surface area contributed by atoms with Crippen molar-refractivity contribution in [1.29, 1.82) is 0 Å². The van der Waals surface area contributed by atoms with Crippen LogP contribution in [0, 0.1) is 0 Å². The summed E-state index contributed by atoms with van der Waals surface area (Å²) in [5.74, 6) is -1.07. The number of benzene rings is 3. The van der Waals surface area contributed by atoms with Gasteiger partial charge in [0.25, 0.3) is 0 Å². The van der Waals surface area contributed by atoms with Crippen molar-refractivity contribution in [3.8, 4) is 0 Å². The van der Waals surface area contributed by atoms with Crippen molar-refractivity contribution in [2.24, 2.45) is 0 Å². The fourth-order valence-corrected chi connectivity index (χ4v) is 3.08. The smallest absolute Gasteiger partial charge is 0.303 e. The van der Waals surface area contributed by atoms with E-state index < -0.39 is 12.1 Å². The van der Waals surface area contributed by atoms with Crippen LogP contribution in [0.3, 0.4) is 0 Å². The van der Waals surface area contributed by atoms with E-state index in [1.165, 1.54) is 6.92 Å². The molecule has 3 aromatic rings. The number of hydrogen-bond donors (Lipinski definition) is 0. The molecule has 0 heterocycles. The van der Waals surface area contributed by atoms with E-state index in [2.05, 4.69) is 0 Å². The van der Waals surface area contributed by atoms with Crippen molar-refractivity contribution in [3.05, 3.63) is 108 Å². The zero-order valence-corrected chi connectivity index (χ0v) is 14.5. The molecule has 0 N–H and O–H groups in total. The largest absolute Gasteiger partial charge is 0.453 e. The van der Waals surface area contributed by atoms with Gasteiger partial charge in [0.2, 0.25) is 5.78 Å². The molecule has 3 rings (SSSR count). The maximum absolute atomic E-state index is 13.2. The van der Waals surface area contributed by atoms with E-state index in [9.17, 15) is 9.59 Å². The Morgan fingerprint density at radius 2 is 1.12 bits per heavy atom. The van der Waals surface area contributed by atoms with Crippen LogP contribution in [-0.4, -0.2) is 17.9 Å². The molecular formula is C23H20O3. The number of esters is 1. The van der Waals surface area contributed by atoms with E-state index >= 15 is 0 Å². The molecule has 26 heavy (non-hydrogen) atoms. The Kier molecular flexibility index (Phi) is 5.59. The molecule has 3 aromatic carbocycles. The van der Waals surface area contributed by atoms with Crippen molar-refractivity contribution in [3.63, 3.8) is 0 Å². The molecule has 0 fully saturated rings. The lowest BCUT2D eigenvalue weighted by atomic mass is 9.83. The van der Waals surface area contributed by atoms with Crippen LogP contribution in [-0.2, 0) is 9.53 Å². The summed E-state index contributed by atoms with van der Waals surface area (Å²) in [5, 5.41) is 0. The van der Waals surface area contributed by atoms with Gasteiger partial charge >= 0.3 is 5.97 Å². The van der Waals surface area contributed by atoms with E-state index in [0.717, 1.165) is 11.1 Å². The van der Waals surface area contributed by atoms with Crippen LogP contribution in [0.1, 0.15) is 34.3 Å². The van der Waals surface area contributed by atoms with E-state index in [4.69, 9.17) is 4.74 Å². The Labute approximate surface area is 153 Å². The molecule has 0 spiro atoms. The number of ether oxygens (including phenoxy) is 1. The summed E-state index contributed by atoms with van der Waals surface area (Å²) in [7, 11) is 0. The summed E-state index contributed by atoms with van der Waals surface area (Å²) in [6.07, 6.45) is -0.931. The first-order valence-electron chi connectivity index (χ1n) is 8.53. The molecule has 1 atom stereocenters. The lowest BCUT2D eigenvalue weighted by molar-refractivity contribution is -0.144. The third-order valence-electron chi connectivity index (χ3n) is 4.23. The zero-order chi connectivity index (χ0) is 18.4. The first-order valence-corrected chi connectivity index (χ1v) is 8.53. The predicted molar refractivity (Wildman–Crippen MR) is 101 cm³/mol. The van der Waals surface area contributed by atoms with Gasteiger partial charge in [-0.25, -0.2) is 0 Å². The van der Waals surface area contributed by atoms with Crippen LogP contribution in [0.25, 0.3) is 0 Å². The van der Waals surface area contributed by atoms with Gasteiger partial charge in [0, 0.05) is 12.5 Å². The van der Waals surface area contributed by atoms with Gasteiger partial charge in [-0.1, -0.05) is 91.0 Å². The molecule has 0 saturated carbocycles. The second kappa shape index (κ2) is 8.26. The summed E-state index contributed by atoms with van der Waals surface area (Å²) in [6, 6.07) is 28.3. The first-order chi connectivity index (χ1) is 12.7. The van der Waals surface area contributed by atoms with Crippen LogP contribution < -0.4 is 0 Å². The Balaban J connectivity index is 2.10. The van der Waals surface area contributed by atoms with Gasteiger partial charge in [-0.3, -0.25) is 9.59 Å². The van der Waals surface area contributed by atoms with E-state index in [0.29, 0.717) is 5.56 Å². The lowest BCUT2D eigenvalue weighted by Gasteiger charge is -2.27. The van der Waals surface area contributed by atoms with Crippen LogP contribution in [0.2, 0.25) is 0 Å². The molecule has 0 aromatic heterocycles. The molecule has 0 saturated heterocycles. The molecule has 0 aliphatic carbocycles. The summed E-state index contributed by atoms with van der Waals surface area (Å²) >= 11 is 0. The molecule has 3 heteroatoms. The van der Waals surface area contributed by atoms with Crippen LogP contribution in [0.4, 0.5) is 0 Å². The predicted octanol–water partition coefficient (Wildman–Crippen LogP) is 4.63. The topological polar surface area (TPSA) is 43.4 Å². The van der Waals surface area contributed by atoms with Gasteiger partial charge in [-0.2, -0.15) is 0 Å². The highest BCUT2D eigenvalue weighted by atomic mass is 16.5. The molecule has 0 aliphatic heterocycles. The van der Waals surface area contributed by atoms with Crippen LogP contribution in [0.5, 0.6) is 0 Å². The number of carbonyl (C=O) groups excluding carboxylic acids is 2. The van der Waals surface area contributed by atoms with E-state index in [-0.39, 0.29) is 11.7 Å². The number of Topliss-reactive ketones (excluding diaryl/α,β-unsaturated/α-hetero) is 1. The van der Waals surface area contributed by atoms with Gasteiger partial charge < -0.3 is 4.74 Å². The Bertz CT molecular complexity index is 818. The second-order valence-electron chi connectivity index (χ2n) is 6.06. The number of carbonyl (C=O) groups is 2. The van der Waals surface area contributed by atoms with Gasteiger partial charge in [-0.15, -0.1) is 0 Å². The molecule has 0 bridgehead atoms. The number of ketones is 1. The van der Waals surface area contributed by atoms with Crippen molar-refractivity contribution in [2.45, 2.75) is 18.9 Å². The first kappa shape index (κ1) is 17.6. The standard InChI is InChI=1S/C23H20O3/c1-17(24)26-23(22(25)20-15-9-4-10-16-20)21(18-11-5-2-6-12-18)19-13-7-3-8-14-19/h2-16,21,23H,1H3. The van der Waals surface area contributed by atoms with Crippen molar-refractivity contribution in [2.75, 3.05) is 0 Å². The molecule has 0 amide bonds. The van der Waals surface area contributed by atoms with Gasteiger partial charge in [0.05, 0.1) is 5.92 Å². The van der Waals surface area contributed by atoms with Crippen LogP contribution in [0.15, 0.2) is 91.0 Å². The highest BCUT2D eigenvalue weighted by Gasteiger charge is 2.34. The molecule has 3 nitrogen and oxygen atoms in total. The Hall–Kier alpha value is -3.20. The number of rotatable bonds is 6. The zero-order valence-electron chi connectivity index (χ0n) is 14.5. The summed E-state index contributed by atoms with van der Waals surface area (Å²) < 4.78 is 5.55. The van der Waals surface area contributed by atoms with Crippen molar-refractivity contribution in [1.82, 2.24) is 0 Å². The fourth-order valence-electron chi connectivity index (χ4n) is 3.08. The monoisotopic (exact) mass is 344 g/mol. The minimum Gasteiger partial charge on any atom is -0.453 e. The van der Waals surface area contributed by atoms with Gasteiger partial charge in [0.15, 0.2) is 6.10 Å². The Morgan fingerprint density at radius 1 is 0.692 bits per heavy atom. The minimum absolute atomic E-state index is 0.210. The number of hydrogen-bond acceptors (Lipinski definition) is 3. The lowest BCUT2D eigenvalue weighted by Crippen LogP contribution is -2.33. The molecule has 0 aliphatic rings. The molecule has 1 unspecified atom stereocenters. The third-order valence-corrected chi connectivity index (χ3v) is 4.23.